The van der Waals surface area contributed by atoms with Crippen LogP contribution in [0.15, 0.2) is 84.9 Å². The van der Waals surface area contributed by atoms with E-state index in [1.54, 1.807) is 0 Å². The lowest BCUT2D eigenvalue weighted by molar-refractivity contribution is -0.958. The van der Waals surface area contributed by atoms with Crippen LogP contribution in [-0.4, -0.2) is 18.6 Å². The molecule has 0 aliphatic carbocycles. The molecule has 3 aromatic carbocycles. The highest BCUT2D eigenvalue weighted by Gasteiger charge is 2.51. The molecule has 0 atom stereocenters. The number of hydrogen-bond donors (Lipinski definition) is 0. The predicted octanol–water partition coefficient (Wildman–Crippen LogP) is 4.76. The molecule has 3 aromatic rings. The Kier molecular flexibility index (Phi) is 3.54. The molecule has 4 rings (SSSR count). The number of benzene rings is 3. The zero-order valence-corrected chi connectivity index (χ0v) is 14.4. The average molecular weight is 314 g/mol. The molecule has 1 nitrogen and oxygen atoms in total. The first-order valence-electron chi connectivity index (χ1n) is 8.64. The molecule has 0 saturated carbocycles. The Hall–Kier alpha value is -2.38. The molecule has 1 aliphatic heterocycles. The maximum Gasteiger partial charge on any atom is 0.154 e. The maximum absolute atomic E-state index is 2.37. The van der Waals surface area contributed by atoms with Crippen LogP contribution in [0.2, 0.25) is 0 Å². The number of rotatable bonds is 2. The van der Waals surface area contributed by atoms with Gasteiger partial charge in [-0.2, -0.15) is 0 Å². The van der Waals surface area contributed by atoms with Crippen molar-refractivity contribution >= 4 is 0 Å². The van der Waals surface area contributed by atoms with Crippen molar-refractivity contribution in [1.29, 1.82) is 0 Å². The fourth-order valence-corrected chi connectivity index (χ4v) is 4.43. The van der Waals surface area contributed by atoms with Crippen LogP contribution < -0.4 is 0 Å². The van der Waals surface area contributed by atoms with E-state index >= 15 is 0 Å². The summed E-state index contributed by atoms with van der Waals surface area (Å²) in [6.07, 6.45) is 1.03. The van der Waals surface area contributed by atoms with E-state index in [1.165, 1.54) is 22.3 Å². The summed E-state index contributed by atoms with van der Waals surface area (Å²) in [6.45, 7) is 1.04. The molecule has 1 heteroatoms. The predicted molar refractivity (Wildman–Crippen MR) is 99.6 cm³/mol. The SMILES string of the molecule is C[N+]1(C)Cc2ccccc2CC1(c1ccccc1)c1ccccc1. The van der Waals surface area contributed by atoms with Crippen LogP contribution >= 0.6 is 0 Å². The van der Waals surface area contributed by atoms with Crippen molar-refractivity contribution in [2.75, 3.05) is 14.1 Å². The summed E-state index contributed by atoms with van der Waals surface area (Å²) in [5, 5.41) is 0. The fourth-order valence-electron chi connectivity index (χ4n) is 4.43. The number of likely N-dealkylation sites (N-methyl/N-ethyl adjacent to an activating group) is 1. The van der Waals surface area contributed by atoms with Crippen LogP contribution in [0.3, 0.4) is 0 Å². The summed E-state index contributed by atoms with van der Waals surface area (Å²) in [7, 11) is 4.74. The van der Waals surface area contributed by atoms with Crippen molar-refractivity contribution in [2.45, 2.75) is 18.5 Å². The van der Waals surface area contributed by atoms with E-state index in [0.717, 1.165) is 17.4 Å². The molecule has 0 saturated heterocycles. The highest BCUT2D eigenvalue weighted by Crippen LogP contribution is 2.46. The first kappa shape index (κ1) is 15.2. The van der Waals surface area contributed by atoms with Crippen molar-refractivity contribution in [1.82, 2.24) is 0 Å². The van der Waals surface area contributed by atoms with Crippen LogP contribution in [0, 0.1) is 0 Å². The third-order valence-electron chi connectivity index (χ3n) is 5.67. The molecule has 0 bridgehead atoms. The lowest BCUT2D eigenvalue weighted by Gasteiger charge is -2.52. The van der Waals surface area contributed by atoms with Crippen molar-refractivity contribution in [3.8, 4) is 0 Å². The van der Waals surface area contributed by atoms with E-state index in [2.05, 4.69) is 99.0 Å². The van der Waals surface area contributed by atoms with Gasteiger partial charge in [-0.05, 0) is 5.56 Å². The molecule has 0 N–H and O–H groups in total. The van der Waals surface area contributed by atoms with Gasteiger partial charge in [-0.3, -0.25) is 0 Å². The van der Waals surface area contributed by atoms with Gasteiger partial charge in [0.1, 0.15) is 6.54 Å². The summed E-state index contributed by atoms with van der Waals surface area (Å²) in [6, 6.07) is 31.0. The van der Waals surface area contributed by atoms with Crippen molar-refractivity contribution in [3.63, 3.8) is 0 Å². The molecular weight excluding hydrogens is 290 g/mol. The molecule has 0 radical (unpaired) electrons. The summed E-state index contributed by atoms with van der Waals surface area (Å²) in [5.74, 6) is 0. The van der Waals surface area contributed by atoms with Gasteiger partial charge < -0.3 is 4.48 Å². The molecule has 0 spiro atoms. The van der Waals surface area contributed by atoms with Gasteiger partial charge in [-0.15, -0.1) is 0 Å². The minimum Gasteiger partial charge on any atom is -0.312 e. The molecule has 0 aromatic heterocycles. The van der Waals surface area contributed by atoms with Gasteiger partial charge in [0.05, 0.1) is 14.1 Å². The van der Waals surface area contributed by atoms with Crippen molar-refractivity contribution in [2.24, 2.45) is 0 Å². The van der Waals surface area contributed by atoms with Crippen molar-refractivity contribution < 1.29 is 4.48 Å². The molecule has 1 aliphatic rings. The summed E-state index contributed by atoms with van der Waals surface area (Å²) < 4.78 is 0.929. The molecular formula is C23H24N+. The number of quaternary nitrogens is 1. The molecule has 0 unspecified atom stereocenters. The normalized spacial score (nSPS) is 17.9. The van der Waals surface area contributed by atoms with E-state index in [4.69, 9.17) is 0 Å². The average Bonchev–Trinajstić information content (AvgIpc) is 2.62. The summed E-state index contributed by atoms with van der Waals surface area (Å²) in [5.41, 5.74) is 5.69. The first-order valence-corrected chi connectivity index (χ1v) is 8.64. The van der Waals surface area contributed by atoms with Gasteiger partial charge in [-0.25, -0.2) is 0 Å². The van der Waals surface area contributed by atoms with Gasteiger partial charge in [0.15, 0.2) is 5.54 Å². The van der Waals surface area contributed by atoms with Crippen molar-refractivity contribution in [3.05, 3.63) is 107 Å². The number of fused-ring (bicyclic) bond motifs is 1. The van der Waals surface area contributed by atoms with E-state index in [-0.39, 0.29) is 5.54 Å². The van der Waals surface area contributed by atoms with Gasteiger partial charge in [0, 0.05) is 23.1 Å². The second kappa shape index (κ2) is 5.61. The lowest BCUT2D eigenvalue weighted by Crippen LogP contribution is -2.60. The van der Waals surface area contributed by atoms with Crippen LogP contribution in [-0.2, 0) is 18.5 Å². The molecule has 1 heterocycles. The number of nitrogens with zero attached hydrogens (tertiary/aromatic N) is 1. The molecule has 0 amide bonds. The minimum atomic E-state index is -0.0587. The highest BCUT2D eigenvalue weighted by molar-refractivity contribution is 5.42. The molecule has 120 valence electrons. The third kappa shape index (κ3) is 2.20. The van der Waals surface area contributed by atoms with Crippen LogP contribution in [0.5, 0.6) is 0 Å². The fraction of sp³-hybridized carbons (Fsp3) is 0.217. The second-order valence-electron chi connectivity index (χ2n) is 7.38. The Bertz CT molecular complexity index is 795. The van der Waals surface area contributed by atoms with E-state index in [1.807, 2.05) is 0 Å². The van der Waals surface area contributed by atoms with E-state index in [0.29, 0.717) is 0 Å². The Labute approximate surface area is 144 Å². The van der Waals surface area contributed by atoms with Gasteiger partial charge >= 0.3 is 0 Å². The van der Waals surface area contributed by atoms with Crippen LogP contribution in [0.4, 0.5) is 0 Å². The van der Waals surface area contributed by atoms with E-state index < -0.39 is 0 Å². The van der Waals surface area contributed by atoms with Gasteiger partial charge in [0.25, 0.3) is 0 Å². The Morgan fingerprint density at radius 3 is 1.62 bits per heavy atom. The second-order valence-corrected chi connectivity index (χ2v) is 7.38. The topological polar surface area (TPSA) is 0 Å². The molecule has 24 heavy (non-hydrogen) atoms. The third-order valence-corrected chi connectivity index (χ3v) is 5.67. The lowest BCUT2D eigenvalue weighted by atomic mass is 9.72. The standard InChI is InChI=1S/C23H24N/c1-24(2)18-20-12-10-9-11-19(20)17-23(24,21-13-5-3-6-14-21)22-15-7-4-8-16-22/h3-16H,17-18H2,1-2H3/q+1. The summed E-state index contributed by atoms with van der Waals surface area (Å²) in [4.78, 5) is 0. The largest absolute Gasteiger partial charge is 0.312 e. The first-order chi connectivity index (χ1) is 11.6. The monoisotopic (exact) mass is 314 g/mol. The zero-order chi connectivity index (χ0) is 16.6. The highest BCUT2D eigenvalue weighted by atomic mass is 15.4. The molecule has 0 fully saturated rings. The van der Waals surface area contributed by atoms with Crippen LogP contribution in [0.1, 0.15) is 22.3 Å². The Balaban J connectivity index is 2.00. The maximum atomic E-state index is 2.37. The Morgan fingerprint density at radius 1 is 0.625 bits per heavy atom. The van der Waals surface area contributed by atoms with Crippen LogP contribution in [0.25, 0.3) is 0 Å². The smallest absolute Gasteiger partial charge is 0.154 e. The Morgan fingerprint density at radius 2 is 1.08 bits per heavy atom. The minimum absolute atomic E-state index is 0.0587. The summed E-state index contributed by atoms with van der Waals surface area (Å²) >= 11 is 0. The van der Waals surface area contributed by atoms with E-state index in [9.17, 15) is 0 Å². The quantitative estimate of drug-likeness (QED) is 0.598. The number of hydrogen-bond acceptors (Lipinski definition) is 0. The van der Waals surface area contributed by atoms with Gasteiger partial charge in [0.2, 0.25) is 0 Å². The zero-order valence-electron chi connectivity index (χ0n) is 14.4. The van der Waals surface area contributed by atoms with Gasteiger partial charge in [-0.1, -0.05) is 84.9 Å².